The van der Waals surface area contributed by atoms with Gasteiger partial charge in [0.1, 0.15) is 5.75 Å². The SMILES string of the molecule is CCOc1ccccc1NCc1cn(C)c2ccccc12. The first-order chi connectivity index (χ1) is 10.3. The molecular weight excluding hydrogens is 260 g/mol. The Morgan fingerprint density at radius 2 is 1.81 bits per heavy atom. The standard InChI is InChI=1S/C18H20N2O/c1-3-21-18-11-7-5-9-16(18)19-12-14-13-20(2)17-10-6-4-8-15(14)17/h4-11,13,19H,3,12H2,1-2H3. The molecule has 0 fully saturated rings. The predicted octanol–water partition coefficient (Wildman–Crippen LogP) is 4.19. The smallest absolute Gasteiger partial charge is 0.142 e. The molecule has 0 aliphatic carbocycles. The molecule has 3 heteroatoms. The van der Waals surface area contributed by atoms with Crippen LogP contribution in [-0.2, 0) is 13.6 Å². The van der Waals surface area contributed by atoms with Crippen molar-refractivity contribution >= 4 is 16.6 Å². The maximum absolute atomic E-state index is 5.65. The van der Waals surface area contributed by atoms with Crippen molar-refractivity contribution < 1.29 is 4.74 Å². The zero-order valence-electron chi connectivity index (χ0n) is 12.5. The molecule has 0 spiro atoms. The molecule has 0 aliphatic rings. The summed E-state index contributed by atoms with van der Waals surface area (Å²) in [5.41, 5.74) is 3.58. The summed E-state index contributed by atoms with van der Waals surface area (Å²) in [5, 5.41) is 4.77. The molecule has 0 atom stereocenters. The van der Waals surface area contributed by atoms with E-state index in [4.69, 9.17) is 4.74 Å². The molecular formula is C18H20N2O. The Morgan fingerprint density at radius 3 is 2.67 bits per heavy atom. The molecule has 0 aliphatic heterocycles. The Balaban J connectivity index is 1.84. The molecule has 3 nitrogen and oxygen atoms in total. The number of aromatic nitrogens is 1. The van der Waals surface area contributed by atoms with E-state index in [-0.39, 0.29) is 0 Å². The average Bonchev–Trinajstić information content (AvgIpc) is 2.84. The van der Waals surface area contributed by atoms with Crippen LogP contribution in [0.2, 0.25) is 0 Å². The maximum atomic E-state index is 5.65. The molecule has 21 heavy (non-hydrogen) atoms. The van der Waals surface area contributed by atoms with Crippen molar-refractivity contribution in [2.24, 2.45) is 7.05 Å². The number of ether oxygens (including phenoxy) is 1. The van der Waals surface area contributed by atoms with Crippen LogP contribution in [0.25, 0.3) is 10.9 Å². The van der Waals surface area contributed by atoms with Crippen molar-refractivity contribution in [1.82, 2.24) is 4.57 Å². The van der Waals surface area contributed by atoms with Gasteiger partial charge in [0, 0.05) is 30.7 Å². The summed E-state index contributed by atoms with van der Waals surface area (Å²) >= 11 is 0. The quantitative estimate of drug-likeness (QED) is 0.758. The molecule has 3 aromatic rings. The van der Waals surface area contributed by atoms with Crippen molar-refractivity contribution in [1.29, 1.82) is 0 Å². The van der Waals surface area contributed by atoms with Crippen LogP contribution in [0.1, 0.15) is 12.5 Å². The Kier molecular flexibility index (Phi) is 3.82. The summed E-state index contributed by atoms with van der Waals surface area (Å²) in [6, 6.07) is 16.5. The second-order valence-corrected chi connectivity index (χ2v) is 5.07. The number of rotatable bonds is 5. The van der Waals surface area contributed by atoms with Gasteiger partial charge in [-0.2, -0.15) is 0 Å². The minimum Gasteiger partial charge on any atom is -0.492 e. The molecule has 0 radical (unpaired) electrons. The second-order valence-electron chi connectivity index (χ2n) is 5.07. The second kappa shape index (κ2) is 5.92. The Labute approximate surface area is 125 Å². The minimum atomic E-state index is 0.674. The topological polar surface area (TPSA) is 26.2 Å². The highest BCUT2D eigenvalue weighted by atomic mass is 16.5. The lowest BCUT2D eigenvalue weighted by Gasteiger charge is -2.11. The molecule has 0 unspecified atom stereocenters. The van der Waals surface area contributed by atoms with Crippen LogP contribution in [-0.4, -0.2) is 11.2 Å². The third-order valence-electron chi connectivity index (χ3n) is 3.64. The molecule has 1 heterocycles. The van der Waals surface area contributed by atoms with E-state index < -0.39 is 0 Å². The highest BCUT2D eigenvalue weighted by molar-refractivity contribution is 5.84. The van der Waals surface area contributed by atoms with Crippen molar-refractivity contribution in [3.8, 4) is 5.75 Å². The summed E-state index contributed by atoms with van der Waals surface area (Å²) in [6.07, 6.45) is 2.18. The van der Waals surface area contributed by atoms with Crippen LogP contribution >= 0.6 is 0 Å². The fraction of sp³-hybridized carbons (Fsp3) is 0.222. The number of nitrogens with one attached hydrogen (secondary N) is 1. The maximum Gasteiger partial charge on any atom is 0.142 e. The Bertz CT molecular complexity index is 746. The van der Waals surface area contributed by atoms with Crippen LogP contribution in [0, 0.1) is 0 Å². The number of fused-ring (bicyclic) bond motifs is 1. The Hall–Kier alpha value is -2.42. The molecule has 2 aromatic carbocycles. The fourth-order valence-electron chi connectivity index (χ4n) is 2.65. The van der Waals surface area contributed by atoms with Gasteiger partial charge >= 0.3 is 0 Å². The van der Waals surface area contributed by atoms with Gasteiger partial charge in [0.25, 0.3) is 0 Å². The van der Waals surface area contributed by atoms with Crippen LogP contribution < -0.4 is 10.1 Å². The van der Waals surface area contributed by atoms with Crippen LogP contribution in [0.4, 0.5) is 5.69 Å². The van der Waals surface area contributed by atoms with Crippen LogP contribution in [0.3, 0.4) is 0 Å². The lowest BCUT2D eigenvalue weighted by molar-refractivity contribution is 0.341. The van der Waals surface area contributed by atoms with Gasteiger partial charge in [0.2, 0.25) is 0 Å². The van der Waals surface area contributed by atoms with Crippen LogP contribution in [0.5, 0.6) is 5.75 Å². The van der Waals surface area contributed by atoms with Gasteiger partial charge in [-0.25, -0.2) is 0 Å². The largest absolute Gasteiger partial charge is 0.492 e. The highest BCUT2D eigenvalue weighted by Crippen LogP contribution is 2.26. The number of benzene rings is 2. The van der Waals surface area contributed by atoms with E-state index in [1.807, 2.05) is 25.1 Å². The molecule has 3 rings (SSSR count). The predicted molar refractivity (Wildman–Crippen MR) is 87.9 cm³/mol. The van der Waals surface area contributed by atoms with Gasteiger partial charge in [-0.15, -0.1) is 0 Å². The monoisotopic (exact) mass is 280 g/mol. The van der Waals surface area contributed by atoms with E-state index in [1.54, 1.807) is 0 Å². The molecule has 108 valence electrons. The molecule has 0 saturated heterocycles. The van der Waals surface area contributed by atoms with Gasteiger partial charge in [-0.1, -0.05) is 30.3 Å². The molecule has 1 N–H and O–H groups in total. The number of para-hydroxylation sites is 3. The Morgan fingerprint density at radius 1 is 1.05 bits per heavy atom. The van der Waals surface area contributed by atoms with Crippen molar-refractivity contribution in [3.05, 3.63) is 60.3 Å². The van der Waals surface area contributed by atoms with Crippen molar-refractivity contribution in [2.45, 2.75) is 13.5 Å². The van der Waals surface area contributed by atoms with Gasteiger partial charge in [-0.05, 0) is 30.7 Å². The summed E-state index contributed by atoms with van der Waals surface area (Å²) in [5.74, 6) is 0.903. The summed E-state index contributed by atoms with van der Waals surface area (Å²) in [4.78, 5) is 0. The van der Waals surface area contributed by atoms with Crippen molar-refractivity contribution in [2.75, 3.05) is 11.9 Å². The van der Waals surface area contributed by atoms with Gasteiger partial charge in [0.05, 0.1) is 12.3 Å². The summed E-state index contributed by atoms with van der Waals surface area (Å²) in [7, 11) is 2.08. The number of aryl methyl sites for hydroxylation is 1. The average molecular weight is 280 g/mol. The lowest BCUT2D eigenvalue weighted by atomic mass is 10.1. The van der Waals surface area contributed by atoms with Crippen molar-refractivity contribution in [3.63, 3.8) is 0 Å². The highest BCUT2D eigenvalue weighted by Gasteiger charge is 2.07. The van der Waals surface area contributed by atoms with E-state index in [9.17, 15) is 0 Å². The number of nitrogens with zero attached hydrogens (tertiary/aromatic N) is 1. The van der Waals surface area contributed by atoms with E-state index >= 15 is 0 Å². The fourth-order valence-corrected chi connectivity index (χ4v) is 2.65. The number of anilines is 1. The minimum absolute atomic E-state index is 0.674. The lowest BCUT2D eigenvalue weighted by Crippen LogP contribution is -2.02. The van der Waals surface area contributed by atoms with E-state index in [2.05, 4.69) is 53.5 Å². The third kappa shape index (κ3) is 2.72. The van der Waals surface area contributed by atoms with E-state index in [0.29, 0.717) is 6.61 Å². The molecule has 0 bridgehead atoms. The van der Waals surface area contributed by atoms with Gasteiger partial charge < -0.3 is 14.6 Å². The van der Waals surface area contributed by atoms with Gasteiger partial charge in [-0.3, -0.25) is 0 Å². The van der Waals surface area contributed by atoms with E-state index in [1.165, 1.54) is 16.5 Å². The first kappa shape index (κ1) is 13.6. The summed E-state index contributed by atoms with van der Waals surface area (Å²) in [6.45, 7) is 3.46. The molecule has 0 amide bonds. The first-order valence-corrected chi connectivity index (χ1v) is 7.28. The van der Waals surface area contributed by atoms with Crippen LogP contribution in [0.15, 0.2) is 54.7 Å². The third-order valence-corrected chi connectivity index (χ3v) is 3.64. The zero-order valence-corrected chi connectivity index (χ0v) is 12.5. The first-order valence-electron chi connectivity index (χ1n) is 7.28. The molecule has 0 saturated carbocycles. The normalized spacial score (nSPS) is 10.8. The number of hydrogen-bond donors (Lipinski definition) is 1. The summed E-state index contributed by atoms with van der Waals surface area (Å²) < 4.78 is 7.82. The van der Waals surface area contributed by atoms with Gasteiger partial charge in [0.15, 0.2) is 0 Å². The zero-order chi connectivity index (χ0) is 14.7. The number of hydrogen-bond acceptors (Lipinski definition) is 2. The molecule has 1 aromatic heterocycles. The van der Waals surface area contributed by atoms with E-state index in [0.717, 1.165) is 18.0 Å².